The highest BCUT2D eigenvalue weighted by Gasteiger charge is 2.16. The zero-order valence-corrected chi connectivity index (χ0v) is 13.7. The second-order valence-electron chi connectivity index (χ2n) is 5.42. The van der Waals surface area contributed by atoms with Crippen molar-refractivity contribution in [2.75, 3.05) is 18.5 Å². The van der Waals surface area contributed by atoms with E-state index in [1.807, 2.05) is 30.3 Å². The number of aliphatic hydroxyl groups excluding tert-OH is 1. The molecule has 24 heavy (non-hydrogen) atoms. The van der Waals surface area contributed by atoms with Crippen molar-refractivity contribution in [3.8, 4) is 0 Å². The van der Waals surface area contributed by atoms with Gasteiger partial charge in [0.05, 0.1) is 6.61 Å². The van der Waals surface area contributed by atoms with Crippen molar-refractivity contribution in [3.05, 3.63) is 65.7 Å². The zero-order chi connectivity index (χ0) is 17.4. The number of carbonyl (C=O) groups excluding carboxylic acids is 2. The van der Waals surface area contributed by atoms with Crippen LogP contribution in [0.15, 0.2) is 54.6 Å². The van der Waals surface area contributed by atoms with Gasteiger partial charge in [0.25, 0.3) is 5.91 Å². The third-order valence-corrected chi connectivity index (χ3v) is 3.59. The minimum absolute atomic E-state index is 0.101. The molecule has 2 aromatic rings. The molecule has 0 radical (unpaired) electrons. The van der Waals surface area contributed by atoms with Crippen LogP contribution in [-0.2, 0) is 11.3 Å². The number of benzene rings is 2. The first-order chi connectivity index (χ1) is 11.6. The third kappa shape index (κ3) is 4.93. The highest BCUT2D eigenvalue weighted by Crippen LogP contribution is 2.15. The van der Waals surface area contributed by atoms with E-state index in [0.29, 0.717) is 24.2 Å². The Morgan fingerprint density at radius 2 is 1.83 bits per heavy atom. The Hall–Kier alpha value is -2.66. The molecule has 0 aliphatic rings. The van der Waals surface area contributed by atoms with Gasteiger partial charge in [0.1, 0.15) is 0 Å². The summed E-state index contributed by atoms with van der Waals surface area (Å²) >= 11 is 0. The highest BCUT2D eigenvalue weighted by atomic mass is 16.3. The Morgan fingerprint density at radius 3 is 2.50 bits per heavy atom. The normalized spacial score (nSPS) is 10.2. The monoisotopic (exact) mass is 326 g/mol. The van der Waals surface area contributed by atoms with Crippen LogP contribution in [-0.4, -0.2) is 35.0 Å². The van der Waals surface area contributed by atoms with Crippen LogP contribution in [0.2, 0.25) is 0 Å². The van der Waals surface area contributed by atoms with Gasteiger partial charge in [0.15, 0.2) is 0 Å². The molecule has 0 saturated heterocycles. The van der Waals surface area contributed by atoms with E-state index in [4.69, 9.17) is 0 Å². The fourth-order valence-electron chi connectivity index (χ4n) is 2.34. The molecule has 0 bridgehead atoms. The first kappa shape index (κ1) is 17.7. The number of anilines is 1. The van der Waals surface area contributed by atoms with Gasteiger partial charge in [-0.3, -0.25) is 9.59 Å². The molecule has 0 aliphatic carbocycles. The van der Waals surface area contributed by atoms with E-state index in [2.05, 4.69) is 5.32 Å². The second kappa shape index (κ2) is 8.84. The molecule has 0 spiro atoms. The van der Waals surface area contributed by atoms with E-state index in [9.17, 15) is 14.7 Å². The Bertz CT molecular complexity index is 686. The van der Waals surface area contributed by atoms with Crippen LogP contribution in [0.5, 0.6) is 0 Å². The van der Waals surface area contributed by atoms with Crippen LogP contribution in [0.1, 0.15) is 29.3 Å². The Morgan fingerprint density at radius 1 is 1.08 bits per heavy atom. The van der Waals surface area contributed by atoms with Crippen LogP contribution in [0.25, 0.3) is 0 Å². The summed E-state index contributed by atoms with van der Waals surface area (Å²) < 4.78 is 0. The Balaban J connectivity index is 2.17. The molecule has 126 valence electrons. The summed E-state index contributed by atoms with van der Waals surface area (Å²) in [5, 5.41) is 12.0. The minimum atomic E-state index is -0.180. The van der Waals surface area contributed by atoms with Gasteiger partial charge in [-0.1, -0.05) is 43.3 Å². The number of aliphatic hydroxyl groups is 1. The molecule has 2 amide bonds. The predicted molar refractivity (Wildman–Crippen MR) is 93.6 cm³/mol. The highest BCUT2D eigenvalue weighted by molar-refractivity contribution is 5.97. The molecule has 0 atom stereocenters. The standard InChI is InChI=1S/C19H22N2O3/c1-2-18(23)20-17-10-6-9-16(13-17)19(24)21(11-12-22)14-15-7-4-3-5-8-15/h3-10,13,22H,2,11-12,14H2,1H3,(H,20,23). The van der Waals surface area contributed by atoms with Crippen LogP contribution < -0.4 is 5.32 Å². The number of hydrogen-bond donors (Lipinski definition) is 2. The lowest BCUT2D eigenvalue weighted by Crippen LogP contribution is -2.33. The van der Waals surface area contributed by atoms with Gasteiger partial charge in [-0.05, 0) is 23.8 Å². The lowest BCUT2D eigenvalue weighted by molar-refractivity contribution is -0.115. The zero-order valence-electron chi connectivity index (χ0n) is 13.7. The molecule has 0 heterocycles. The minimum Gasteiger partial charge on any atom is -0.395 e. The summed E-state index contributed by atoms with van der Waals surface area (Å²) in [6.07, 6.45) is 0.378. The summed E-state index contributed by atoms with van der Waals surface area (Å²) in [6, 6.07) is 16.5. The Labute approximate surface area is 141 Å². The largest absolute Gasteiger partial charge is 0.395 e. The molecular formula is C19H22N2O3. The fraction of sp³-hybridized carbons (Fsp3) is 0.263. The van der Waals surface area contributed by atoms with Gasteiger partial charge >= 0.3 is 0 Å². The predicted octanol–water partition coefficient (Wildman–Crippen LogP) is 2.67. The van der Waals surface area contributed by atoms with Crippen molar-refractivity contribution < 1.29 is 14.7 Å². The molecule has 0 saturated carbocycles. The van der Waals surface area contributed by atoms with Gasteiger partial charge < -0.3 is 15.3 Å². The maximum absolute atomic E-state index is 12.7. The van der Waals surface area contributed by atoms with E-state index >= 15 is 0 Å². The molecule has 0 fully saturated rings. The first-order valence-electron chi connectivity index (χ1n) is 7.98. The van der Waals surface area contributed by atoms with Crippen molar-refractivity contribution in [3.63, 3.8) is 0 Å². The molecule has 0 unspecified atom stereocenters. The molecule has 0 aromatic heterocycles. The first-order valence-corrected chi connectivity index (χ1v) is 7.98. The van der Waals surface area contributed by atoms with Gasteiger partial charge in [-0.25, -0.2) is 0 Å². The average molecular weight is 326 g/mol. The van der Waals surface area contributed by atoms with Gasteiger partial charge in [0, 0.05) is 30.8 Å². The summed E-state index contributed by atoms with van der Waals surface area (Å²) in [7, 11) is 0. The van der Waals surface area contributed by atoms with E-state index in [1.165, 1.54) is 0 Å². The molecule has 2 aromatic carbocycles. The van der Waals surface area contributed by atoms with Crippen molar-refractivity contribution in [1.82, 2.24) is 4.90 Å². The molecular weight excluding hydrogens is 304 g/mol. The maximum atomic E-state index is 12.7. The summed E-state index contributed by atoms with van der Waals surface area (Å²) in [5.74, 6) is -0.281. The lowest BCUT2D eigenvalue weighted by Gasteiger charge is -2.22. The maximum Gasteiger partial charge on any atom is 0.254 e. The molecule has 2 N–H and O–H groups in total. The summed E-state index contributed by atoms with van der Waals surface area (Å²) in [4.78, 5) is 25.8. The third-order valence-electron chi connectivity index (χ3n) is 3.59. The number of hydrogen-bond acceptors (Lipinski definition) is 3. The molecule has 2 rings (SSSR count). The van der Waals surface area contributed by atoms with Crippen molar-refractivity contribution in [2.45, 2.75) is 19.9 Å². The number of nitrogens with one attached hydrogen (secondary N) is 1. The summed E-state index contributed by atoms with van der Waals surface area (Å²) in [6.45, 7) is 2.34. The average Bonchev–Trinajstić information content (AvgIpc) is 2.61. The van der Waals surface area contributed by atoms with E-state index in [0.717, 1.165) is 5.56 Å². The molecule has 5 nitrogen and oxygen atoms in total. The van der Waals surface area contributed by atoms with E-state index < -0.39 is 0 Å². The lowest BCUT2D eigenvalue weighted by atomic mass is 10.1. The van der Waals surface area contributed by atoms with Gasteiger partial charge in [0.2, 0.25) is 5.91 Å². The van der Waals surface area contributed by atoms with Gasteiger partial charge in [-0.2, -0.15) is 0 Å². The number of rotatable bonds is 7. The van der Waals surface area contributed by atoms with Gasteiger partial charge in [-0.15, -0.1) is 0 Å². The molecule has 5 heteroatoms. The summed E-state index contributed by atoms with van der Waals surface area (Å²) in [5.41, 5.74) is 2.07. The smallest absolute Gasteiger partial charge is 0.254 e. The quantitative estimate of drug-likeness (QED) is 0.822. The second-order valence-corrected chi connectivity index (χ2v) is 5.42. The van der Waals surface area contributed by atoms with E-state index in [-0.39, 0.29) is 25.0 Å². The SMILES string of the molecule is CCC(=O)Nc1cccc(C(=O)N(CCO)Cc2ccccc2)c1. The van der Waals surface area contributed by atoms with Crippen molar-refractivity contribution >= 4 is 17.5 Å². The van der Waals surface area contributed by atoms with Crippen LogP contribution >= 0.6 is 0 Å². The Kier molecular flexibility index (Phi) is 6.51. The van der Waals surface area contributed by atoms with Crippen molar-refractivity contribution in [2.24, 2.45) is 0 Å². The molecule has 0 aliphatic heterocycles. The van der Waals surface area contributed by atoms with E-state index in [1.54, 1.807) is 36.1 Å². The fourth-order valence-corrected chi connectivity index (χ4v) is 2.34. The number of nitrogens with zero attached hydrogens (tertiary/aromatic N) is 1. The number of carbonyl (C=O) groups is 2. The topological polar surface area (TPSA) is 69.6 Å². The number of amides is 2. The van der Waals surface area contributed by atoms with Crippen LogP contribution in [0, 0.1) is 0 Å². The van der Waals surface area contributed by atoms with Crippen molar-refractivity contribution in [1.29, 1.82) is 0 Å². The van der Waals surface area contributed by atoms with Crippen LogP contribution in [0.3, 0.4) is 0 Å². The van der Waals surface area contributed by atoms with Crippen LogP contribution in [0.4, 0.5) is 5.69 Å².